The number of aromatic nitrogens is 5. The zero-order valence-electron chi connectivity index (χ0n) is 9.18. The van der Waals surface area contributed by atoms with E-state index in [1.165, 1.54) is 0 Å². The monoisotopic (exact) mass is 205 g/mol. The van der Waals surface area contributed by atoms with Crippen LogP contribution in [0, 0.1) is 0 Å². The fourth-order valence-corrected chi connectivity index (χ4v) is 0.853. The molecule has 2 aromatic heterocycles. The van der Waals surface area contributed by atoms with Gasteiger partial charge in [-0.1, -0.05) is 26.0 Å². The van der Waals surface area contributed by atoms with Gasteiger partial charge in [-0.3, -0.25) is 5.10 Å². The van der Waals surface area contributed by atoms with Crippen molar-refractivity contribution in [1.29, 1.82) is 0 Å². The number of H-pyrrole nitrogens is 1. The first-order valence-electron chi connectivity index (χ1n) is 4.68. The first-order valence-corrected chi connectivity index (χ1v) is 4.68. The Morgan fingerprint density at radius 1 is 1.07 bits per heavy atom. The molecule has 0 aliphatic carbocycles. The van der Waals surface area contributed by atoms with Crippen molar-refractivity contribution in [3.05, 3.63) is 36.7 Å². The zero-order chi connectivity index (χ0) is 11.1. The predicted molar refractivity (Wildman–Crippen MR) is 57.1 cm³/mol. The van der Waals surface area contributed by atoms with Crippen LogP contribution in [0.5, 0.6) is 0 Å². The van der Waals surface area contributed by atoms with Gasteiger partial charge in [0.1, 0.15) is 5.82 Å². The van der Waals surface area contributed by atoms with Gasteiger partial charge in [0.2, 0.25) is 0 Å². The second-order valence-electron chi connectivity index (χ2n) is 3.98. The first-order chi connectivity index (χ1) is 7.11. The largest absolute Gasteiger partial charge is 0.266 e. The Balaban J connectivity index is 0.000000187. The zero-order valence-corrected chi connectivity index (χ0v) is 9.18. The molecule has 2 rings (SSSR count). The van der Waals surface area contributed by atoms with Gasteiger partial charge in [-0.15, -0.1) is 5.10 Å². The topological polar surface area (TPSA) is 67.3 Å². The Morgan fingerprint density at radius 3 is 2.00 bits per heavy atom. The summed E-state index contributed by atoms with van der Waals surface area (Å²) in [5.41, 5.74) is 0.0707. The molecule has 0 saturated carbocycles. The van der Waals surface area contributed by atoms with Crippen LogP contribution in [0.1, 0.15) is 26.6 Å². The van der Waals surface area contributed by atoms with E-state index in [2.05, 4.69) is 46.1 Å². The molecule has 0 aromatic carbocycles. The van der Waals surface area contributed by atoms with Gasteiger partial charge in [-0.2, -0.15) is 0 Å². The highest BCUT2D eigenvalue weighted by Gasteiger charge is 2.15. The third kappa shape index (κ3) is 4.30. The highest BCUT2D eigenvalue weighted by atomic mass is 15.3. The second-order valence-corrected chi connectivity index (χ2v) is 3.98. The van der Waals surface area contributed by atoms with E-state index < -0.39 is 0 Å². The summed E-state index contributed by atoms with van der Waals surface area (Å²) in [5.74, 6) is 0.898. The minimum atomic E-state index is 0.0707. The molecule has 0 aliphatic rings. The van der Waals surface area contributed by atoms with Gasteiger partial charge in [0.25, 0.3) is 0 Å². The van der Waals surface area contributed by atoms with Crippen LogP contribution in [-0.4, -0.2) is 25.4 Å². The van der Waals surface area contributed by atoms with Crippen molar-refractivity contribution in [2.45, 2.75) is 26.2 Å². The molecule has 0 aliphatic heterocycles. The molecule has 0 bridgehead atoms. The van der Waals surface area contributed by atoms with E-state index in [4.69, 9.17) is 0 Å². The Morgan fingerprint density at radius 2 is 1.73 bits per heavy atom. The highest BCUT2D eigenvalue weighted by Crippen LogP contribution is 2.15. The molecule has 0 amide bonds. The molecule has 1 N–H and O–H groups in total. The summed E-state index contributed by atoms with van der Waals surface area (Å²) >= 11 is 0. The van der Waals surface area contributed by atoms with Crippen LogP contribution < -0.4 is 0 Å². The number of rotatable bonds is 0. The number of hydrogen-bond acceptors (Lipinski definition) is 4. The first kappa shape index (κ1) is 11.3. The van der Waals surface area contributed by atoms with Crippen molar-refractivity contribution in [3.8, 4) is 0 Å². The lowest BCUT2D eigenvalue weighted by atomic mass is 9.96. The Labute approximate surface area is 89.0 Å². The Kier molecular flexibility index (Phi) is 3.91. The molecule has 2 aromatic rings. The highest BCUT2D eigenvalue weighted by molar-refractivity contribution is 5.00. The van der Waals surface area contributed by atoms with E-state index in [-0.39, 0.29) is 5.41 Å². The Bertz CT molecular complexity index is 332. The molecule has 0 spiro atoms. The minimum Gasteiger partial charge on any atom is -0.266 e. The molecule has 0 fully saturated rings. The molecule has 5 nitrogen and oxygen atoms in total. The van der Waals surface area contributed by atoms with E-state index in [0.717, 1.165) is 5.82 Å². The molecule has 2 heterocycles. The summed E-state index contributed by atoms with van der Waals surface area (Å²) in [7, 11) is 0. The molecule has 15 heavy (non-hydrogen) atoms. The summed E-state index contributed by atoms with van der Waals surface area (Å²) in [5, 5.41) is 9.26. The minimum absolute atomic E-state index is 0.0707. The van der Waals surface area contributed by atoms with E-state index in [1.807, 2.05) is 6.07 Å². The second kappa shape index (κ2) is 5.19. The van der Waals surface area contributed by atoms with E-state index in [0.29, 0.717) is 0 Å². The molecule has 0 unspecified atom stereocenters. The lowest BCUT2D eigenvalue weighted by Gasteiger charge is -2.14. The number of aromatic amines is 1. The van der Waals surface area contributed by atoms with E-state index in [9.17, 15) is 0 Å². The third-order valence-corrected chi connectivity index (χ3v) is 1.57. The summed E-state index contributed by atoms with van der Waals surface area (Å²) < 4.78 is 0. The molecule has 0 saturated heterocycles. The molecule has 80 valence electrons. The average Bonchev–Trinajstić information content (AvgIpc) is 2.76. The third-order valence-electron chi connectivity index (χ3n) is 1.57. The van der Waals surface area contributed by atoms with Crippen LogP contribution in [0.2, 0.25) is 0 Å². The smallest absolute Gasteiger partial charge is 0.133 e. The summed E-state index contributed by atoms with van der Waals surface area (Å²) in [4.78, 5) is 8.28. The van der Waals surface area contributed by atoms with E-state index >= 15 is 0 Å². The van der Waals surface area contributed by atoms with Crippen molar-refractivity contribution in [2.24, 2.45) is 0 Å². The number of hydrogen-bond donors (Lipinski definition) is 1. The van der Waals surface area contributed by atoms with Gasteiger partial charge in [-0.25, -0.2) is 9.97 Å². The van der Waals surface area contributed by atoms with Gasteiger partial charge in [0.05, 0.1) is 6.20 Å². The van der Waals surface area contributed by atoms with Crippen LogP contribution in [0.3, 0.4) is 0 Å². The van der Waals surface area contributed by atoms with Crippen molar-refractivity contribution < 1.29 is 0 Å². The lowest BCUT2D eigenvalue weighted by molar-refractivity contribution is 0.545. The number of nitrogens with one attached hydrogen (secondary N) is 1. The van der Waals surface area contributed by atoms with Crippen LogP contribution >= 0.6 is 0 Å². The van der Waals surface area contributed by atoms with Gasteiger partial charge in [0, 0.05) is 24.0 Å². The summed E-state index contributed by atoms with van der Waals surface area (Å²) in [6.07, 6.45) is 6.78. The van der Waals surface area contributed by atoms with Crippen molar-refractivity contribution in [2.75, 3.05) is 0 Å². The normalized spacial score (nSPS) is 10.3. The van der Waals surface area contributed by atoms with Crippen LogP contribution in [0.25, 0.3) is 0 Å². The van der Waals surface area contributed by atoms with Crippen LogP contribution in [-0.2, 0) is 5.41 Å². The molecule has 0 atom stereocenters. The fourth-order valence-electron chi connectivity index (χ4n) is 0.853. The van der Waals surface area contributed by atoms with Gasteiger partial charge in [0.15, 0.2) is 0 Å². The lowest BCUT2D eigenvalue weighted by Crippen LogP contribution is -2.14. The van der Waals surface area contributed by atoms with Crippen LogP contribution in [0.4, 0.5) is 0 Å². The SMILES string of the molecule is CC(C)(C)c1ncccn1.c1c[nH]nn1. The van der Waals surface area contributed by atoms with Crippen molar-refractivity contribution >= 4 is 0 Å². The quantitative estimate of drug-likeness (QED) is 0.709. The Hall–Kier alpha value is -1.78. The van der Waals surface area contributed by atoms with E-state index in [1.54, 1.807) is 24.8 Å². The van der Waals surface area contributed by atoms with Gasteiger partial charge in [-0.05, 0) is 6.07 Å². The van der Waals surface area contributed by atoms with Crippen molar-refractivity contribution in [1.82, 2.24) is 25.4 Å². The summed E-state index contributed by atoms with van der Waals surface area (Å²) in [6, 6.07) is 1.83. The molecular formula is C10H15N5. The maximum Gasteiger partial charge on any atom is 0.133 e. The average molecular weight is 205 g/mol. The maximum atomic E-state index is 4.14. The molecule has 5 heteroatoms. The van der Waals surface area contributed by atoms with Gasteiger partial charge < -0.3 is 0 Å². The van der Waals surface area contributed by atoms with Crippen LogP contribution in [0.15, 0.2) is 30.9 Å². The summed E-state index contributed by atoms with van der Waals surface area (Å²) in [6.45, 7) is 6.30. The standard InChI is InChI=1S/C8H12N2.C2H3N3/c1-8(2,3)7-9-5-4-6-10-7;1-2-4-5-3-1/h4-6H,1-3H3;1-2H,(H,3,4,5). The predicted octanol–water partition coefficient (Wildman–Crippen LogP) is 1.58. The fraction of sp³-hybridized carbons (Fsp3) is 0.400. The molecule has 0 radical (unpaired) electrons. The maximum absolute atomic E-state index is 4.14. The van der Waals surface area contributed by atoms with Gasteiger partial charge >= 0.3 is 0 Å². The van der Waals surface area contributed by atoms with Crippen molar-refractivity contribution in [3.63, 3.8) is 0 Å². The number of nitrogens with zero attached hydrogens (tertiary/aromatic N) is 4. The molecular weight excluding hydrogens is 190 g/mol.